The largest absolute Gasteiger partial charge is 0.474 e. The van der Waals surface area contributed by atoms with Gasteiger partial charge in [-0.25, -0.2) is 4.79 Å². The van der Waals surface area contributed by atoms with Crippen LogP contribution in [0, 0.1) is 0 Å². The summed E-state index contributed by atoms with van der Waals surface area (Å²) in [5.74, 6) is -3.28. The molecular formula is C22H15N3O5S. The highest BCUT2D eigenvalue weighted by atomic mass is 32.1. The van der Waals surface area contributed by atoms with Gasteiger partial charge in [-0.15, -0.1) is 0 Å². The van der Waals surface area contributed by atoms with Gasteiger partial charge in [0.05, 0.1) is 0 Å². The molecule has 1 aromatic heterocycles. The lowest BCUT2D eigenvalue weighted by molar-refractivity contribution is -0.147. The Morgan fingerprint density at radius 1 is 0.871 bits per heavy atom. The Kier molecular flexibility index (Phi) is 5.59. The van der Waals surface area contributed by atoms with E-state index in [1.807, 2.05) is 42.5 Å². The molecule has 8 nitrogen and oxygen atoms in total. The third-order valence-electron chi connectivity index (χ3n) is 4.20. The number of carbonyl (C=O) groups is 3. The quantitative estimate of drug-likeness (QED) is 0.403. The molecule has 2 amide bonds. The second kappa shape index (κ2) is 8.64. The predicted octanol–water partition coefficient (Wildman–Crippen LogP) is 4.36. The highest BCUT2D eigenvalue weighted by Crippen LogP contribution is 2.33. The van der Waals surface area contributed by atoms with Crippen LogP contribution in [0.15, 0.2) is 72.8 Å². The van der Waals surface area contributed by atoms with Crippen LogP contribution in [-0.2, 0) is 9.59 Å². The van der Waals surface area contributed by atoms with Crippen molar-refractivity contribution in [3.8, 4) is 10.9 Å². The molecule has 0 aliphatic heterocycles. The summed E-state index contributed by atoms with van der Waals surface area (Å²) >= 11 is 0.886. The first-order valence-corrected chi connectivity index (χ1v) is 9.89. The van der Waals surface area contributed by atoms with Crippen LogP contribution in [0.4, 0.5) is 11.5 Å². The van der Waals surface area contributed by atoms with Crippen molar-refractivity contribution >= 4 is 51.4 Å². The van der Waals surface area contributed by atoms with Gasteiger partial charge in [0.1, 0.15) is 10.6 Å². The molecule has 3 N–H and O–H groups in total. The van der Waals surface area contributed by atoms with Crippen LogP contribution < -0.4 is 15.4 Å². The molecule has 154 valence electrons. The van der Waals surface area contributed by atoms with Crippen LogP contribution in [0.2, 0.25) is 0 Å². The summed E-state index contributed by atoms with van der Waals surface area (Å²) in [5.41, 5.74) is 0.540. The lowest BCUT2D eigenvalue weighted by Gasteiger charge is -2.06. The monoisotopic (exact) mass is 433 g/mol. The van der Waals surface area contributed by atoms with Crippen LogP contribution in [0.3, 0.4) is 0 Å². The van der Waals surface area contributed by atoms with Gasteiger partial charge in [-0.2, -0.15) is 4.98 Å². The fourth-order valence-corrected chi connectivity index (χ4v) is 3.57. The van der Waals surface area contributed by atoms with E-state index < -0.39 is 17.8 Å². The number of carboxylic acids is 1. The molecule has 0 bridgehead atoms. The maximum absolute atomic E-state index is 12.9. The van der Waals surface area contributed by atoms with Crippen molar-refractivity contribution in [2.75, 3.05) is 10.6 Å². The number of thiazole rings is 1. The Morgan fingerprint density at radius 3 is 2.32 bits per heavy atom. The molecule has 31 heavy (non-hydrogen) atoms. The maximum Gasteiger partial charge on any atom is 0.394 e. The smallest absolute Gasteiger partial charge is 0.394 e. The number of aromatic nitrogens is 1. The molecule has 9 heteroatoms. The van der Waals surface area contributed by atoms with Gasteiger partial charge in [0.15, 0.2) is 5.82 Å². The van der Waals surface area contributed by atoms with Crippen LogP contribution in [0.5, 0.6) is 10.9 Å². The molecule has 0 spiro atoms. The molecule has 0 saturated carbocycles. The van der Waals surface area contributed by atoms with Gasteiger partial charge < -0.3 is 15.2 Å². The minimum atomic E-state index is -1.69. The number of anilines is 2. The van der Waals surface area contributed by atoms with E-state index in [9.17, 15) is 14.4 Å². The van der Waals surface area contributed by atoms with E-state index in [2.05, 4.69) is 15.6 Å². The number of carbonyl (C=O) groups excluding carboxylic acids is 2. The standard InChI is InChI=1S/C22H15N3O5S/c26-19(23-15-11-10-13-6-4-5-7-14(13)12-15)17-18(24-20(27)21(28)29)25-22(31-17)30-16-8-2-1-3-9-16/h1-12H,(H,23,26)(H,24,27)(H,28,29). The summed E-state index contributed by atoms with van der Waals surface area (Å²) in [6, 6.07) is 21.9. The zero-order chi connectivity index (χ0) is 21.8. The van der Waals surface area contributed by atoms with Gasteiger partial charge >= 0.3 is 11.9 Å². The fourth-order valence-electron chi connectivity index (χ4n) is 2.79. The number of hydrogen-bond donors (Lipinski definition) is 3. The predicted molar refractivity (Wildman–Crippen MR) is 117 cm³/mol. The second-order valence-electron chi connectivity index (χ2n) is 6.35. The molecule has 1 heterocycles. The number of para-hydroxylation sites is 1. The normalized spacial score (nSPS) is 10.5. The molecule has 0 radical (unpaired) electrons. The van der Waals surface area contributed by atoms with Crippen molar-refractivity contribution < 1.29 is 24.2 Å². The third-order valence-corrected chi connectivity index (χ3v) is 5.13. The van der Waals surface area contributed by atoms with Gasteiger partial charge in [0.25, 0.3) is 11.1 Å². The minimum absolute atomic E-state index is 0.00805. The number of ether oxygens (including phenoxy) is 1. The average Bonchev–Trinajstić information content (AvgIpc) is 3.16. The highest BCUT2D eigenvalue weighted by molar-refractivity contribution is 7.16. The molecule has 0 aliphatic rings. The number of aliphatic carboxylic acids is 1. The van der Waals surface area contributed by atoms with E-state index in [-0.39, 0.29) is 15.9 Å². The van der Waals surface area contributed by atoms with Crippen molar-refractivity contribution in [2.45, 2.75) is 0 Å². The number of amides is 2. The Bertz CT molecular complexity index is 1290. The van der Waals surface area contributed by atoms with E-state index >= 15 is 0 Å². The Hall–Kier alpha value is -4.24. The van der Waals surface area contributed by atoms with Crippen molar-refractivity contribution in [2.24, 2.45) is 0 Å². The molecule has 0 saturated heterocycles. The minimum Gasteiger partial charge on any atom is -0.474 e. The van der Waals surface area contributed by atoms with Crippen molar-refractivity contribution in [3.63, 3.8) is 0 Å². The van der Waals surface area contributed by atoms with Crippen LogP contribution >= 0.6 is 11.3 Å². The SMILES string of the molecule is O=C(O)C(=O)Nc1nc(Oc2ccccc2)sc1C(=O)Nc1ccc2ccccc2c1. The molecule has 0 aliphatic carbocycles. The number of benzene rings is 3. The second-order valence-corrected chi connectivity index (χ2v) is 7.31. The number of fused-ring (bicyclic) bond motifs is 1. The number of carboxylic acid groups (broad SMARTS) is 1. The van der Waals surface area contributed by atoms with Crippen LogP contribution in [0.1, 0.15) is 9.67 Å². The van der Waals surface area contributed by atoms with E-state index in [0.29, 0.717) is 11.4 Å². The molecular weight excluding hydrogens is 418 g/mol. The van der Waals surface area contributed by atoms with E-state index in [4.69, 9.17) is 9.84 Å². The summed E-state index contributed by atoms with van der Waals surface area (Å²) in [5, 5.41) is 15.8. The van der Waals surface area contributed by atoms with Crippen LogP contribution in [0.25, 0.3) is 10.8 Å². The van der Waals surface area contributed by atoms with Crippen molar-refractivity contribution in [1.82, 2.24) is 4.98 Å². The number of rotatable bonds is 5. The van der Waals surface area contributed by atoms with Gasteiger partial charge in [-0.3, -0.25) is 14.9 Å². The third kappa shape index (κ3) is 4.68. The van der Waals surface area contributed by atoms with Gasteiger partial charge in [-0.1, -0.05) is 59.9 Å². The molecule has 3 aromatic carbocycles. The van der Waals surface area contributed by atoms with E-state index in [1.54, 1.807) is 30.3 Å². The molecule has 0 unspecified atom stereocenters. The molecule has 0 fully saturated rings. The van der Waals surface area contributed by atoms with E-state index in [0.717, 1.165) is 22.1 Å². The first-order chi connectivity index (χ1) is 15.0. The van der Waals surface area contributed by atoms with Crippen molar-refractivity contribution in [3.05, 3.63) is 77.7 Å². The molecule has 4 rings (SSSR count). The Morgan fingerprint density at radius 2 is 1.58 bits per heavy atom. The average molecular weight is 433 g/mol. The Balaban J connectivity index is 1.62. The van der Waals surface area contributed by atoms with Gasteiger partial charge in [0.2, 0.25) is 0 Å². The summed E-state index contributed by atoms with van der Waals surface area (Å²) in [7, 11) is 0. The van der Waals surface area contributed by atoms with Crippen molar-refractivity contribution in [1.29, 1.82) is 0 Å². The van der Waals surface area contributed by atoms with Crippen LogP contribution in [-0.4, -0.2) is 27.9 Å². The molecule has 4 aromatic rings. The first kappa shape index (κ1) is 20.0. The van der Waals surface area contributed by atoms with E-state index in [1.165, 1.54) is 0 Å². The number of nitrogens with one attached hydrogen (secondary N) is 2. The topological polar surface area (TPSA) is 118 Å². The summed E-state index contributed by atoms with van der Waals surface area (Å²) in [4.78, 5) is 39.6. The van der Waals surface area contributed by atoms with Gasteiger partial charge in [0, 0.05) is 5.69 Å². The van der Waals surface area contributed by atoms with Gasteiger partial charge in [-0.05, 0) is 35.0 Å². The Labute approximate surface area is 180 Å². The molecule has 0 atom stereocenters. The summed E-state index contributed by atoms with van der Waals surface area (Å²) in [6.07, 6.45) is 0. The summed E-state index contributed by atoms with van der Waals surface area (Å²) in [6.45, 7) is 0. The zero-order valence-corrected chi connectivity index (χ0v) is 16.7. The lowest BCUT2D eigenvalue weighted by Crippen LogP contribution is -2.23. The number of hydrogen-bond acceptors (Lipinski definition) is 6. The highest BCUT2D eigenvalue weighted by Gasteiger charge is 2.23. The summed E-state index contributed by atoms with van der Waals surface area (Å²) < 4.78 is 5.63. The number of nitrogens with zero attached hydrogens (tertiary/aromatic N) is 1. The lowest BCUT2D eigenvalue weighted by atomic mass is 10.1. The fraction of sp³-hybridized carbons (Fsp3) is 0. The zero-order valence-electron chi connectivity index (χ0n) is 15.9. The first-order valence-electron chi connectivity index (χ1n) is 9.08. The maximum atomic E-state index is 12.9.